The molecule has 0 fully saturated rings. The zero-order valence-electron chi connectivity index (χ0n) is 12.1. The molecule has 6 heteroatoms. The van der Waals surface area contributed by atoms with Crippen LogP contribution in [-0.2, 0) is 13.1 Å². The number of carbonyl (C=O) groups is 1. The van der Waals surface area contributed by atoms with Crippen molar-refractivity contribution in [1.82, 2.24) is 10.6 Å². The van der Waals surface area contributed by atoms with Crippen LogP contribution in [0.3, 0.4) is 0 Å². The number of halogens is 1. The summed E-state index contributed by atoms with van der Waals surface area (Å²) in [6, 6.07) is 10.5. The molecule has 2 amide bonds. The number of methoxy groups -OCH3 is 1. The van der Waals surface area contributed by atoms with Crippen LogP contribution < -0.4 is 15.4 Å². The van der Waals surface area contributed by atoms with Gasteiger partial charge in [0.2, 0.25) is 0 Å². The average molecular weight is 304 g/mol. The second-order valence-corrected chi connectivity index (χ2v) is 4.67. The Morgan fingerprint density at radius 1 is 1.14 bits per heavy atom. The number of benzene rings is 2. The minimum atomic E-state index is -0.375. The molecule has 0 atom stereocenters. The van der Waals surface area contributed by atoms with Crippen molar-refractivity contribution >= 4 is 6.03 Å². The average Bonchev–Trinajstić information content (AvgIpc) is 2.51. The molecule has 0 spiro atoms. The van der Waals surface area contributed by atoms with Crippen LogP contribution in [0.5, 0.6) is 11.5 Å². The molecule has 0 saturated carbocycles. The lowest BCUT2D eigenvalue weighted by atomic mass is 10.2. The van der Waals surface area contributed by atoms with Crippen molar-refractivity contribution in [1.29, 1.82) is 0 Å². The summed E-state index contributed by atoms with van der Waals surface area (Å²) in [6.45, 7) is 0.490. The Kier molecular flexibility index (Phi) is 5.19. The maximum absolute atomic E-state index is 13.0. The van der Waals surface area contributed by atoms with Gasteiger partial charge in [0.05, 0.1) is 7.11 Å². The van der Waals surface area contributed by atoms with Crippen molar-refractivity contribution in [3.63, 3.8) is 0 Å². The topological polar surface area (TPSA) is 70.6 Å². The summed E-state index contributed by atoms with van der Waals surface area (Å²) in [6.07, 6.45) is 0. The first kappa shape index (κ1) is 15.6. The standard InChI is InChI=1S/C16H17FN2O3/c1-22-15-6-5-12(8-14(15)20)10-19-16(21)18-9-11-3-2-4-13(17)7-11/h2-8,20H,9-10H2,1H3,(H2,18,19,21). The zero-order chi connectivity index (χ0) is 15.9. The molecule has 0 unspecified atom stereocenters. The van der Waals surface area contributed by atoms with Crippen molar-refractivity contribution in [3.05, 3.63) is 59.4 Å². The second kappa shape index (κ2) is 7.31. The number of amides is 2. The van der Waals surface area contributed by atoms with Gasteiger partial charge in [0, 0.05) is 13.1 Å². The number of carbonyl (C=O) groups excluding carboxylic acids is 1. The second-order valence-electron chi connectivity index (χ2n) is 4.67. The predicted octanol–water partition coefficient (Wildman–Crippen LogP) is 2.54. The molecule has 0 heterocycles. The smallest absolute Gasteiger partial charge is 0.315 e. The van der Waals surface area contributed by atoms with Gasteiger partial charge in [-0.25, -0.2) is 9.18 Å². The first-order chi connectivity index (χ1) is 10.6. The Hall–Kier alpha value is -2.76. The van der Waals surface area contributed by atoms with E-state index in [1.54, 1.807) is 24.3 Å². The van der Waals surface area contributed by atoms with Crippen molar-refractivity contribution < 1.29 is 19.0 Å². The Labute approximate surface area is 127 Å². The van der Waals surface area contributed by atoms with Crippen molar-refractivity contribution in [2.45, 2.75) is 13.1 Å². The number of hydrogen-bond acceptors (Lipinski definition) is 3. The molecule has 0 saturated heterocycles. The number of aromatic hydroxyl groups is 1. The van der Waals surface area contributed by atoms with Crippen LogP contribution >= 0.6 is 0 Å². The summed E-state index contributed by atoms with van der Waals surface area (Å²) in [7, 11) is 1.47. The van der Waals surface area contributed by atoms with E-state index in [2.05, 4.69) is 10.6 Å². The van der Waals surface area contributed by atoms with Gasteiger partial charge in [-0.15, -0.1) is 0 Å². The summed E-state index contributed by atoms with van der Waals surface area (Å²) >= 11 is 0. The normalized spacial score (nSPS) is 10.1. The quantitative estimate of drug-likeness (QED) is 0.795. The van der Waals surface area contributed by atoms with Crippen LogP contribution in [0.4, 0.5) is 9.18 Å². The molecule has 0 aromatic heterocycles. The summed E-state index contributed by atoms with van der Waals surface area (Å²) in [5, 5.41) is 14.9. The van der Waals surface area contributed by atoms with Gasteiger partial charge in [-0.3, -0.25) is 0 Å². The first-order valence-corrected chi connectivity index (χ1v) is 6.70. The fraction of sp³-hybridized carbons (Fsp3) is 0.188. The molecule has 3 N–H and O–H groups in total. The lowest BCUT2D eigenvalue weighted by Gasteiger charge is -2.09. The van der Waals surface area contributed by atoms with E-state index < -0.39 is 0 Å². The SMILES string of the molecule is COc1ccc(CNC(=O)NCc2cccc(F)c2)cc1O. The third-order valence-electron chi connectivity index (χ3n) is 3.04. The molecular weight excluding hydrogens is 287 g/mol. The highest BCUT2D eigenvalue weighted by Gasteiger charge is 2.05. The van der Waals surface area contributed by atoms with Gasteiger partial charge in [0.1, 0.15) is 5.82 Å². The molecule has 22 heavy (non-hydrogen) atoms. The van der Waals surface area contributed by atoms with Gasteiger partial charge in [-0.05, 0) is 35.4 Å². The number of nitrogens with one attached hydrogen (secondary N) is 2. The molecule has 116 valence electrons. The zero-order valence-corrected chi connectivity index (χ0v) is 12.1. The Bertz CT molecular complexity index is 662. The van der Waals surface area contributed by atoms with Crippen LogP contribution in [0.15, 0.2) is 42.5 Å². The highest BCUT2D eigenvalue weighted by molar-refractivity contribution is 5.73. The molecule has 0 aliphatic heterocycles. The molecule has 0 aliphatic rings. The van der Waals surface area contributed by atoms with Gasteiger partial charge in [-0.1, -0.05) is 18.2 Å². The van der Waals surface area contributed by atoms with Gasteiger partial charge >= 0.3 is 6.03 Å². The predicted molar refractivity (Wildman–Crippen MR) is 80.1 cm³/mol. The van der Waals surface area contributed by atoms with Gasteiger partial charge < -0.3 is 20.5 Å². The third kappa shape index (κ3) is 4.37. The van der Waals surface area contributed by atoms with E-state index in [9.17, 15) is 14.3 Å². The van der Waals surface area contributed by atoms with E-state index in [0.717, 1.165) is 5.56 Å². The highest BCUT2D eigenvalue weighted by Crippen LogP contribution is 2.25. The maximum atomic E-state index is 13.0. The lowest BCUT2D eigenvalue weighted by Crippen LogP contribution is -2.34. The van der Waals surface area contributed by atoms with Crippen LogP contribution in [0.25, 0.3) is 0 Å². The maximum Gasteiger partial charge on any atom is 0.315 e. The van der Waals surface area contributed by atoms with Crippen LogP contribution in [-0.4, -0.2) is 18.2 Å². The van der Waals surface area contributed by atoms with E-state index in [-0.39, 0.29) is 30.7 Å². The van der Waals surface area contributed by atoms with E-state index in [4.69, 9.17) is 4.74 Å². The largest absolute Gasteiger partial charge is 0.504 e. The van der Waals surface area contributed by atoms with E-state index in [0.29, 0.717) is 11.3 Å². The first-order valence-electron chi connectivity index (χ1n) is 6.70. The van der Waals surface area contributed by atoms with Gasteiger partial charge in [0.15, 0.2) is 11.5 Å². The molecule has 2 rings (SSSR count). The number of hydrogen-bond donors (Lipinski definition) is 3. The van der Waals surface area contributed by atoms with Crippen molar-refractivity contribution in [2.75, 3.05) is 7.11 Å². The number of phenols is 1. The summed E-state index contributed by atoms with van der Waals surface area (Å²) in [5.74, 6) is 0.0506. The molecule has 5 nitrogen and oxygen atoms in total. The van der Waals surface area contributed by atoms with Gasteiger partial charge in [-0.2, -0.15) is 0 Å². The number of ether oxygens (including phenoxy) is 1. The molecule has 0 radical (unpaired) electrons. The van der Waals surface area contributed by atoms with E-state index >= 15 is 0 Å². The molecule has 2 aromatic carbocycles. The van der Waals surface area contributed by atoms with Crippen LogP contribution in [0, 0.1) is 5.82 Å². The molecule has 0 aliphatic carbocycles. The Morgan fingerprint density at radius 3 is 2.41 bits per heavy atom. The third-order valence-corrected chi connectivity index (χ3v) is 3.04. The highest BCUT2D eigenvalue weighted by atomic mass is 19.1. The number of urea groups is 1. The van der Waals surface area contributed by atoms with Crippen molar-refractivity contribution in [3.8, 4) is 11.5 Å². The molecular formula is C16H17FN2O3. The van der Waals surface area contributed by atoms with Crippen molar-refractivity contribution in [2.24, 2.45) is 0 Å². The lowest BCUT2D eigenvalue weighted by molar-refractivity contribution is 0.240. The Morgan fingerprint density at radius 2 is 1.82 bits per heavy atom. The fourth-order valence-electron chi connectivity index (χ4n) is 1.92. The summed E-state index contributed by atoms with van der Waals surface area (Å²) in [4.78, 5) is 11.7. The fourth-order valence-corrected chi connectivity index (χ4v) is 1.92. The molecule has 0 bridgehead atoms. The van der Waals surface area contributed by atoms with Crippen LogP contribution in [0.2, 0.25) is 0 Å². The molecule has 2 aromatic rings. The van der Waals surface area contributed by atoms with E-state index in [1.807, 2.05) is 0 Å². The minimum Gasteiger partial charge on any atom is -0.504 e. The summed E-state index contributed by atoms with van der Waals surface area (Å²) < 4.78 is 17.9. The monoisotopic (exact) mass is 304 g/mol. The Balaban J connectivity index is 1.81. The van der Waals surface area contributed by atoms with E-state index in [1.165, 1.54) is 25.3 Å². The van der Waals surface area contributed by atoms with Gasteiger partial charge in [0.25, 0.3) is 0 Å². The number of phenolic OH excluding ortho intramolecular Hbond substituents is 1. The van der Waals surface area contributed by atoms with Crippen LogP contribution in [0.1, 0.15) is 11.1 Å². The number of rotatable bonds is 5. The minimum absolute atomic E-state index is 0.0157. The summed E-state index contributed by atoms with van der Waals surface area (Å²) in [5.41, 5.74) is 1.41.